The Morgan fingerprint density at radius 2 is 1.80 bits per heavy atom. The van der Waals surface area contributed by atoms with Gasteiger partial charge in [-0.25, -0.2) is 9.79 Å². The number of rotatable bonds is 8. The fourth-order valence-corrected chi connectivity index (χ4v) is 4.75. The summed E-state index contributed by atoms with van der Waals surface area (Å²) in [7, 11) is 0. The maximum Gasteiger partial charge on any atom is 0.338 e. The van der Waals surface area contributed by atoms with Gasteiger partial charge in [0.25, 0.3) is 0 Å². The maximum absolute atomic E-state index is 13.2. The van der Waals surface area contributed by atoms with Gasteiger partial charge in [-0.2, -0.15) is 0 Å². The number of allylic oxidation sites excluding steroid dienone is 1. The molecule has 3 rings (SSSR count). The van der Waals surface area contributed by atoms with Gasteiger partial charge in [0.1, 0.15) is 0 Å². The zero-order valence-corrected chi connectivity index (χ0v) is 18.9. The van der Waals surface area contributed by atoms with Gasteiger partial charge in [-0.3, -0.25) is 9.69 Å². The number of thioether (sulfide) groups is 1. The van der Waals surface area contributed by atoms with Crippen LogP contribution in [0.2, 0.25) is 0 Å². The first kappa shape index (κ1) is 22.2. The first-order valence-electron chi connectivity index (χ1n) is 10.3. The van der Waals surface area contributed by atoms with Crippen LogP contribution in [-0.2, 0) is 14.3 Å². The molecular formula is C22H28N2O5S. The Hall–Kier alpha value is -2.48. The maximum atomic E-state index is 13.2. The number of esters is 1. The highest BCUT2D eigenvalue weighted by Gasteiger charge is 2.47. The van der Waals surface area contributed by atoms with Crippen molar-refractivity contribution in [3.8, 4) is 11.5 Å². The van der Waals surface area contributed by atoms with Crippen LogP contribution in [0.3, 0.4) is 0 Å². The molecule has 2 aliphatic heterocycles. The molecule has 0 spiro atoms. The first-order valence-corrected chi connectivity index (χ1v) is 11.2. The lowest BCUT2D eigenvalue weighted by Crippen LogP contribution is -2.40. The Morgan fingerprint density at radius 1 is 1.10 bits per heavy atom. The second kappa shape index (κ2) is 9.55. The molecular weight excluding hydrogens is 404 g/mol. The fourth-order valence-electron chi connectivity index (χ4n) is 3.61. The number of carbonyl (C=O) groups excluding carboxylic acids is 2. The predicted octanol–water partition coefficient (Wildman–Crippen LogP) is 4.09. The van der Waals surface area contributed by atoms with Crippen molar-refractivity contribution in [2.24, 2.45) is 4.99 Å². The average Bonchev–Trinajstić information content (AvgIpc) is 3.04. The van der Waals surface area contributed by atoms with E-state index in [1.807, 2.05) is 39.0 Å². The van der Waals surface area contributed by atoms with Crippen molar-refractivity contribution in [1.29, 1.82) is 0 Å². The molecule has 1 amide bonds. The molecule has 0 N–H and O–H groups in total. The summed E-state index contributed by atoms with van der Waals surface area (Å²) in [6, 6.07) is 4.90. The van der Waals surface area contributed by atoms with E-state index < -0.39 is 12.0 Å². The summed E-state index contributed by atoms with van der Waals surface area (Å²) in [6.45, 7) is 10.5. The summed E-state index contributed by atoms with van der Waals surface area (Å²) in [5, 5.41) is 0.406. The van der Waals surface area contributed by atoms with Gasteiger partial charge in [0.05, 0.1) is 42.4 Å². The Labute approximate surface area is 181 Å². The lowest BCUT2D eigenvalue weighted by atomic mass is 9.93. The number of hydrogen-bond acceptors (Lipinski definition) is 7. The van der Waals surface area contributed by atoms with Crippen LogP contribution in [0.1, 0.15) is 52.6 Å². The van der Waals surface area contributed by atoms with E-state index in [-0.39, 0.29) is 17.8 Å². The van der Waals surface area contributed by atoms with Crippen LogP contribution < -0.4 is 9.47 Å². The molecule has 162 valence electrons. The van der Waals surface area contributed by atoms with Gasteiger partial charge in [0.2, 0.25) is 5.91 Å². The molecule has 7 nitrogen and oxygen atoms in total. The Bertz CT molecular complexity index is 896. The lowest BCUT2D eigenvalue weighted by molar-refractivity contribution is -0.139. The van der Waals surface area contributed by atoms with Crippen LogP contribution in [0.5, 0.6) is 11.5 Å². The normalized spacial score (nSPS) is 20.8. The number of aliphatic imine (C=N–C) groups is 1. The minimum atomic E-state index is -0.622. The van der Waals surface area contributed by atoms with Crippen molar-refractivity contribution in [2.45, 2.75) is 52.3 Å². The zero-order chi connectivity index (χ0) is 21.8. The lowest BCUT2D eigenvalue weighted by Gasteiger charge is -2.33. The molecule has 2 atom stereocenters. The number of benzene rings is 1. The minimum absolute atomic E-state index is 0.0487. The van der Waals surface area contributed by atoms with E-state index in [4.69, 9.17) is 14.2 Å². The van der Waals surface area contributed by atoms with E-state index in [0.717, 1.165) is 5.56 Å². The SMILES string of the molecule is CCOC(=O)C1=C(C)N=C2S[C@H](CC)C(=O)N2[C@@H]1c1ccc(OCC)c(OCC)c1. The third-order valence-corrected chi connectivity index (χ3v) is 6.22. The Morgan fingerprint density at radius 3 is 2.43 bits per heavy atom. The van der Waals surface area contributed by atoms with E-state index in [1.165, 1.54) is 11.8 Å². The molecule has 2 aliphatic rings. The molecule has 1 aromatic carbocycles. The minimum Gasteiger partial charge on any atom is -0.490 e. The third kappa shape index (κ3) is 4.05. The van der Waals surface area contributed by atoms with Crippen molar-refractivity contribution in [1.82, 2.24) is 4.90 Å². The molecule has 30 heavy (non-hydrogen) atoms. The summed E-state index contributed by atoms with van der Waals surface area (Å²) in [4.78, 5) is 32.2. The van der Waals surface area contributed by atoms with E-state index >= 15 is 0 Å². The number of amides is 1. The molecule has 0 unspecified atom stereocenters. The topological polar surface area (TPSA) is 77.4 Å². The average molecular weight is 433 g/mol. The van der Waals surface area contributed by atoms with E-state index in [2.05, 4.69) is 4.99 Å². The van der Waals surface area contributed by atoms with Gasteiger partial charge in [-0.15, -0.1) is 0 Å². The van der Waals surface area contributed by atoms with E-state index in [9.17, 15) is 9.59 Å². The van der Waals surface area contributed by atoms with E-state index in [1.54, 1.807) is 18.7 Å². The number of fused-ring (bicyclic) bond motifs is 1. The van der Waals surface area contributed by atoms with Crippen molar-refractivity contribution in [3.05, 3.63) is 35.0 Å². The largest absolute Gasteiger partial charge is 0.490 e. The van der Waals surface area contributed by atoms with Gasteiger partial charge >= 0.3 is 5.97 Å². The number of ether oxygens (including phenoxy) is 3. The highest BCUT2D eigenvalue weighted by molar-refractivity contribution is 8.15. The van der Waals surface area contributed by atoms with Crippen molar-refractivity contribution in [3.63, 3.8) is 0 Å². The van der Waals surface area contributed by atoms with Gasteiger partial charge in [-0.1, -0.05) is 24.8 Å². The van der Waals surface area contributed by atoms with Crippen LogP contribution in [0, 0.1) is 0 Å². The quantitative estimate of drug-likeness (QED) is 0.576. The standard InChI is InChI=1S/C22H28N2O5S/c1-6-17-20(25)24-19(14-10-11-15(27-7-2)16(12-14)28-8-3)18(21(26)29-9-4)13(5)23-22(24)30-17/h10-12,17,19H,6-9H2,1-5H3/t17-,19-/m1/s1. The summed E-state index contributed by atoms with van der Waals surface area (Å²) in [5.74, 6) is 0.688. The summed E-state index contributed by atoms with van der Waals surface area (Å²) in [6.07, 6.45) is 0.688. The second-order valence-corrected chi connectivity index (χ2v) is 7.98. The molecule has 2 heterocycles. The number of amidine groups is 1. The van der Waals surface area contributed by atoms with Crippen molar-refractivity contribution in [2.75, 3.05) is 19.8 Å². The molecule has 0 aromatic heterocycles. The van der Waals surface area contributed by atoms with Crippen LogP contribution in [0.15, 0.2) is 34.5 Å². The van der Waals surface area contributed by atoms with E-state index in [0.29, 0.717) is 47.6 Å². The zero-order valence-electron chi connectivity index (χ0n) is 18.1. The predicted molar refractivity (Wildman–Crippen MR) is 117 cm³/mol. The molecule has 1 aromatic rings. The molecule has 1 fully saturated rings. The summed E-state index contributed by atoms with van der Waals surface area (Å²) in [5.41, 5.74) is 1.69. The third-order valence-electron chi connectivity index (χ3n) is 4.90. The molecule has 8 heteroatoms. The van der Waals surface area contributed by atoms with Crippen LogP contribution in [-0.4, -0.2) is 47.0 Å². The molecule has 0 saturated carbocycles. The first-order chi connectivity index (χ1) is 14.5. The van der Waals surface area contributed by atoms with Crippen LogP contribution in [0.25, 0.3) is 0 Å². The molecule has 0 bridgehead atoms. The van der Waals surface area contributed by atoms with Gasteiger partial charge in [-0.05, 0) is 51.8 Å². The van der Waals surface area contributed by atoms with Gasteiger partial charge < -0.3 is 14.2 Å². The molecule has 0 aliphatic carbocycles. The van der Waals surface area contributed by atoms with Gasteiger partial charge in [0.15, 0.2) is 16.7 Å². The van der Waals surface area contributed by atoms with Crippen LogP contribution >= 0.6 is 11.8 Å². The molecule has 0 radical (unpaired) electrons. The number of nitrogens with zero attached hydrogens (tertiary/aromatic N) is 2. The number of carbonyl (C=O) groups is 2. The molecule has 1 saturated heterocycles. The van der Waals surface area contributed by atoms with Crippen molar-refractivity contribution < 1.29 is 23.8 Å². The highest BCUT2D eigenvalue weighted by atomic mass is 32.2. The highest BCUT2D eigenvalue weighted by Crippen LogP contribution is 2.45. The number of hydrogen-bond donors (Lipinski definition) is 0. The Kier molecular flexibility index (Phi) is 7.07. The summed E-state index contributed by atoms with van der Waals surface area (Å²) >= 11 is 1.44. The fraction of sp³-hybridized carbons (Fsp3) is 0.500. The van der Waals surface area contributed by atoms with Crippen LogP contribution in [0.4, 0.5) is 0 Å². The second-order valence-electron chi connectivity index (χ2n) is 6.81. The van der Waals surface area contributed by atoms with Gasteiger partial charge in [0, 0.05) is 0 Å². The Balaban J connectivity index is 2.14. The summed E-state index contributed by atoms with van der Waals surface area (Å²) < 4.78 is 16.8. The van der Waals surface area contributed by atoms with Crippen molar-refractivity contribution >= 4 is 28.8 Å². The smallest absolute Gasteiger partial charge is 0.338 e. The monoisotopic (exact) mass is 432 g/mol.